The average molecular weight is 309 g/mol. The van der Waals surface area contributed by atoms with Crippen LogP contribution in [0.15, 0.2) is 47.1 Å². The highest BCUT2D eigenvalue weighted by atomic mass is 16.5. The zero-order valence-corrected chi connectivity index (χ0v) is 12.6. The van der Waals surface area contributed by atoms with E-state index in [2.05, 4.69) is 15.5 Å². The van der Waals surface area contributed by atoms with E-state index in [9.17, 15) is 4.79 Å². The van der Waals surface area contributed by atoms with Crippen LogP contribution in [0.2, 0.25) is 0 Å². The molecular formula is C16H15N5O2. The Kier molecular flexibility index (Phi) is 3.18. The van der Waals surface area contributed by atoms with Crippen LogP contribution in [-0.4, -0.2) is 44.0 Å². The minimum Gasteiger partial charge on any atom is -0.361 e. The molecule has 0 bridgehead atoms. The van der Waals surface area contributed by atoms with Crippen LogP contribution in [0.4, 0.5) is 0 Å². The zero-order valence-electron chi connectivity index (χ0n) is 12.6. The monoisotopic (exact) mass is 309 g/mol. The molecule has 1 fully saturated rings. The minimum absolute atomic E-state index is 0.110. The largest absolute Gasteiger partial charge is 0.361 e. The molecule has 0 radical (unpaired) electrons. The van der Waals surface area contributed by atoms with Gasteiger partial charge in [0.05, 0.1) is 12.2 Å². The number of aromatic nitrogens is 4. The van der Waals surface area contributed by atoms with Gasteiger partial charge in [-0.2, -0.15) is 0 Å². The molecule has 116 valence electrons. The Labute approximate surface area is 132 Å². The summed E-state index contributed by atoms with van der Waals surface area (Å²) in [7, 11) is 0. The number of aryl methyl sites for hydroxylation is 1. The molecule has 1 aliphatic rings. The van der Waals surface area contributed by atoms with E-state index in [-0.39, 0.29) is 11.9 Å². The standard InChI is InChI=1S/C16H15N5O2/c1-11-7-14(18-23-11)16(22)20-8-13(9-20)21-10-15(17-19-21)12-5-3-2-4-6-12/h2-7,10,13H,8-9H2,1H3. The van der Waals surface area contributed by atoms with Crippen molar-refractivity contribution < 1.29 is 9.32 Å². The highest BCUT2D eigenvalue weighted by Crippen LogP contribution is 2.24. The summed E-state index contributed by atoms with van der Waals surface area (Å²) in [6.45, 7) is 2.97. The van der Waals surface area contributed by atoms with Gasteiger partial charge in [-0.1, -0.05) is 40.7 Å². The van der Waals surface area contributed by atoms with Crippen molar-refractivity contribution in [1.82, 2.24) is 25.1 Å². The molecule has 3 heterocycles. The first-order chi connectivity index (χ1) is 11.2. The van der Waals surface area contributed by atoms with Crippen LogP contribution in [0.5, 0.6) is 0 Å². The first-order valence-electron chi connectivity index (χ1n) is 7.40. The van der Waals surface area contributed by atoms with Crippen LogP contribution in [0.1, 0.15) is 22.3 Å². The molecule has 0 saturated carbocycles. The highest BCUT2D eigenvalue weighted by Gasteiger charge is 2.34. The van der Waals surface area contributed by atoms with Crippen LogP contribution in [-0.2, 0) is 0 Å². The van der Waals surface area contributed by atoms with Crippen LogP contribution >= 0.6 is 0 Å². The third-order valence-corrected chi connectivity index (χ3v) is 3.95. The van der Waals surface area contributed by atoms with Gasteiger partial charge in [0, 0.05) is 24.7 Å². The van der Waals surface area contributed by atoms with Gasteiger partial charge in [0.15, 0.2) is 5.69 Å². The molecule has 1 aliphatic heterocycles. The first kappa shape index (κ1) is 13.7. The van der Waals surface area contributed by atoms with E-state index >= 15 is 0 Å². The van der Waals surface area contributed by atoms with Gasteiger partial charge in [-0.25, -0.2) is 4.68 Å². The summed E-state index contributed by atoms with van der Waals surface area (Å²) >= 11 is 0. The van der Waals surface area contributed by atoms with Crippen molar-refractivity contribution in [2.45, 2.75) is 13.0 Å². The first-order valence-corrected chi connectivity index (χ1v) is 7.40. The van der Waals surface area contributed by atoms with Crippen molar-refractivity contribution in [2.24, 2.45) is 0 Å². The Morgan fingerprint density at radius 1 is 1.26 bits per heavy atom. The SMILES string of the molecule is Cc1cc(C(=O)N2CC(n3cc(-c4ccccc4)nn3)C2)no1. The van der Waals surface area contributed by atoms with Gasteiger partial charge >= 0.3 is 0 Å². The number of carbonyl (C=O) groups is 1. The second-order valence-electron chi connectivity index (χ2n) is 5.64. The van der Waals surface area contributed by atoms with E-state index < -0.39 is 0 Å². The van der Waals surface area contributed by atoms with E-state index in [4.69, 9.17) is 4.52 Å². The number of nitrogens with zero attached hydrogens (tertiary/aromatic N) is 5. The highest BCUT2D eigenvalue weighted by molar-refractivity contribution is 5.92. The van der Waals surface area contributed by atoms with Crippen molar-refractivity contribution in [3.8, 4) is 11.3 Å². The molecule has 3 aromatic rings. The lowest BCUT2D eigenvalue weighted by atomic mass is 10.1. The summed E-state index contributed by atoms with van der Waals surface area (Å²) in [5, 5.41) is 12.1. The summed E-state index contributed by atoms with van der Waals surface area (Å²) in [5.41, 5.74) is 2.22. The molecule has 1 aromatic carbocycles. The minimum atomic E-state index is -0.110. The Morgan fingerprint density at radius 2 is 2.04 bits per heavy atom. The topological polar surface area (TPSA) is 77.1 Å². The van der Waals surface area contributed by atoms with Crippen LogP contribution in [0.25, 0.3) is 11.3 Å². The number of likely N-dealkylation sites (tertiary alicyclic amines) is 1. The third-order valence-electron chi connectivity index (χ3n) is 3.95. The second kappa shape index (κ2) is 5.35. The Hall–Kier alpha value is -2.96. The molecule has 0 unspecified atom stereocenters. The van der Waals surface area contributed by atoms with E-state index in [1.54, 1.807) is 17.9 Å². The van der Waals surface area contributed by atoms with Gasteiger partial charge in [0.25, 0.3) is 5.91 Å². The lowest BCUT2D eigenvalue weighted by Gasteiger charge is -2.38. The molecule has 2 aromatic heterocycles. The molecule has 1 saturated heterocycles. The maximum Gasteiger partial charge on any atom is 0.276 e. The van der Waals surface area contributed by atoms with Crippen molar-refractivity contribution in [3.05, 3.63) is 54.0 Å². The fraction of sp³-hybridized carbons (Fsp3) is 0.250. The number of amides is 1. The summed E-state index contributed by atoms with van der Waals surface area (Å²) < 4.78 is 6.76. The summed E-state index contributed by atoms with van der Waals surface area (Å²) in [4.78, 5) is 13.9. The molecule has 1 amide bonds. The molecular weight excluding hydrogens is 294 g/mol. The van der Waals surface area contributed by atoms with Crippen molar-refractivity contribution >= 4 is 5.91 Å². The predicted molar refractivity (Wildman–Crippen MR) is 81.6 cm³/mol. The maximum atomic E-state index is 12.2. The molecule has 0 atom stereocenters. The van der Waals surface area contributed by atoms with E-state index in [1.165, 1.54) is 0 Å². The smallest absolute Gasteiger partial charge is 0.276 e. The molecule has 7 heteroatoms. The van der Waals surface area contributed by atoms with Gasteiger partial charge in [-0.15, -0.1) is 5.10 Å². The second-order valence-corrected chi connectivity index (χ2v) is 5.64. The van der Waals surface area contributed by atoms with Crippen molar-refractivity contribution in [2.75, 3.05) is 13.1 Å². The fourth-order valence-corrected chi connectivity index (χ4v) is 2.61. The number of carbonyl (C=O) groups excluding carboxylic acids is 1. The van der Waals surface area contributed by atoms with Gasteiger partial charge in [0.1, 0.15) is 11.5 Å². The zero-order chi connectivity index (χ0) is 15.8. The quantitative estimate of drug-likeness (QED) is 0.739. The van der Waals surface area contributed by atoms with Gasteiger partial charge < -0.3 is 9.42 Å². The summed E-state index contributed by atoms with van der Waals surface area (Å²) in [6.07, 6.45) is 1.92. The number of rotatable bonds is 3. The van der Waals surface area contributed by atoms with Crippen molar-refractivity contribution in [1.29, 1.82) is 0 Å². The fourth-order valence-electron chi connectivity index (χ4n) is 2.61. The molecule has 0 aliphatic carbocycles. The molecule has 0 N–H and O–H groups in total. The van der Waals surface area contributed by atoms with Gasteiger partial charge in [0.2, 0.25) is 0 Å². The predicted octanol–water partition coefficient (Wildman–Crippen LogP) is 1.94. The maximum absolute atomic E-state index is 12.2. The summed E-state index contributed by atoms with van der Waals surface area (Å²) in [5.74, 6) is 0.524. The molecule has 23 heavy (non-hydrogen) atoms. The average Bonchev–Trinajstić information content (AvgIpc) is 3.16. The third kappa shape index (κ3) is 2.50. The Balaban J connectivity index is 1.42. The lowest BCUT2D eigenvalue weighted by molar-refractivity contribution is 0.0488. The number of hydrogen-bond acceptors (Lipinski definition) is 5. The molecule has 4 rings (SSSR count). The number of hydrogen-bond donors (Lipinski definition) is 0. The molecule has 0 spiro atoms. The normalized spacial score (nSPS) is 14.7. The van der Waals surface area contributed by atoms with E-state index in [0.717, 1.165) is 11.3 Å². The molecule has 7 nitrogen and oxygen atoms in total. The summed E-state index contributed by atoms with van der Waals surface area (Å²) in [6, 6.07) is 11.7. The van der Waals surface area contributed by atoms with Crippen LogP contribution in [0, 0.1) is 6.92 Å². The van der Waals surface area contributed by atoms with E-state index in [1.807, 2.05) is 41.2 Å². The van der Waals surface area contributed by atoms with Crippen LogP contribution < -0.4 is 0 Å². The van der Waals surface area contributed by atoms with Gasteiger partial charge in [-0.3, -0.25) is 4.79 Å². The Morgan fingerprint density at radius 3 is 2.74 bits per heavy atom. The van der Waals surface area contributed by atoms with Crippen LogP contribution in [0.3, 0.4) is 0 Å². The lowest BCUT2D eigenvalue weighted by Crippen LogP contribution is -2.51. The van der Waals surface area contributed by atoms with E-state index in [0.29, 0.717) is 24.5 Å². The van der Waals surface area contributed by atoms with Gasteiger partial charge in [-0.05, 0) is 6.92 Å². The van der Waals surface area contributed by atoms with Crippen molar-refractivity contribution in [3.63, 3.8) is 0 Å². The Bertz CT molecular complexity index is 833. The number of benzene rings is 1.